The van der Waals surface area contributed by atoms with Gasteiger partial charge >= 0.3 is 71.0 Å². The zero-order valence-corrected chi connectivity index (χ0v) is 26.8. The Balaban J connectivity index is 0.00000242. The van der Waals surface area contributed by atoms with Crippen LogP contribution in [0.3, 0.4) is 0 Å². The normalized spacial score (nSPS) is 11.8. The molecule has 1 aromatic carbocycles. The number of rotatable bonds is 6. The molecule has 4 heterocycles. The van der Waals surface area contributed by atoms with Crippen LogP contribution in [0.4, 0.5) is 13.2 Å². The molecule has 0 aliphatic heterocycles. The van der Waals surface area contributed by atoms with Gasteiger partial charge in [-0.05, 0) is 42.5 Å². The van der Waals surface area contributed by atoms with Crippen molar-refractivity contribution in [1.82, 2.24) is 24.1 Å². The molecule has 0 spiro atoms. The number of hydrogen-bond acceptors (Lipinski definition) is 10. The van der Waals surface area contributed by atoms with Gasteiger partial charge in [-0.2, -0.15) is 13.2 Å². The summed E-state index contributed by atoms with van der Waals surface area (Å²) in [7, 11) is -5.64. The Morgan fingerprint density at radius 3 is 2.36 bits per heavy atom. The summed E-state index contributed by atoms with van der Waals surface area (Å²) in [5, 5.41) is 8.92. The van der Waals surface area contributed by atoms with Crippen LogP contribution in [-0.2, 0) is 28.6 Å². The van der Waals surface area contributed by atoms with E-state index in [0.29, 0.717) is 23.0 Å². The smallest absolute Gasteiger partial charge is 0.790 e. The number of aromatic nitrogens is 5. The predicted molar refractivity (Wildman–Crippen MR) is 130 cm³/mol. The van der Waals surface area contributed by atoms with Gasteiger partial charge in [-0.25, -0.2) is 14.3 Å². The summed E-state index contributed by atoms with van der Waals surface area (Å²) < 4.78 is 56.8. The number of phosphoric ester groups is 1. The van der Waals surface area contributed by atoms with Crippen LogP contribution in [0.5, 0.6) is 0 Å². The molecule has 0 fully saturated rings. The van der Waals surface area contributed by atoms with E-state index in [9.17, 15) is 42.2 Å². The Hall–Kier alpha value is -2.27. The van der Waals surface area contributed by atoms with Gasteiger partial charge in [0.2, 0.25) is 0 Å². The average Bonchev–Trinajstić information content (AvgIpc) is 2.92. The van der Waals surface area contributed by atoms with Crippen molar-refractivity contribution < 1.29 is 96.3 Å². The van der Waals surface area contributed by atoms with Crippen molar-refractivity contribution in [1.29, 1.82) is 0 Å². The minimum Gasteiger partial charge on any atom is -0.790 e. The first-order valence-corrected chi connectivity index (χ1v) is 12.7. The SMILES string of the molecule is O=c1c2cnc3ccc(-c4ccc(CO)nc4)nc3c2n(-c2cccc(C(F)(F)F)c2)c(=O)n1COP(=O)([O-])[O-].[Na+].[Na+]. The Labute approximate surface area is 277 Å². The summed E-state index contributed by atoms with van der Waals surface area (Å²) in [6, 6.07) is 9.89. The van der Waals surface area contributed by atoms with Crippen LogP contribution in [0.25, 0.3) is 38.9 Å². The predicted octanol–water partition coefficient (Wildman–Crippen LogP) is -4.52. The standard InChI is InChI=1S/C24H17F3N5O7P.2Na/c25-24(26,27)14-2-1-3-16(8-14)32-21-17(22(34)31(23(32)35)12-39-40(36,37)38)10-29-19-7-6-18(30-20(19)21)13-4-5-15(11-33)28-9-13;;/h1-10,33H,11-12H2,(H2,36,37,38);;/q;2*+1/p-2. The van der Waals surface area contributed by atoms with E-state index in [1.807, 2.05) is 0 Å². The molecular weight excluding hydrogens is 604 g/mol. The topological polar surface area (TPSA) is 175 Å². The first-order valence-electron chi connectivity index (χ1n) is 11.2. The number of fused-ring (bicyclic) bond motifs is 3. The summed E-state index contributed by atoms with van der Waals surface area (Å²) in [6.07, 6.45) is -2.31. The van der Waals surface area contributed by atoms with Crippen LogP contribution < -0.4 is 80.2 Å². The van der Waals surface area contributed by atoms with Gasteiger partial charge in [-0.1, -0.05) is 6.07 Å². The van der Waals surface area contributed by atoms with Gasteiger partial charge in [0.15, 0.2) is 0 Å². The van der Waals surface area contributed by atoms with E-state index in [4.69, 9.17) is 0 Å². The third kappa shape index (κ3) is 6.93. The van der Waals surface area contributed by atoms with Crippen molar-refractivity contribution in [3.63, 3.8) is 0 Å². The summed E-state index contributed by atoms with van der Waals surface area (Å²) >= 11 is 0. The fraction of sp³-hybridized carbons (Fsp3) is 0.125. The van der Waals surface area contributed by atoms with Gasteiger partial charge < -0.3 is 24.0 Å². The van der Waals surface area contributed by atoms with Crippen molar-refractivity contribution in [2.45, 2.75) is 19.5 Å². The first kappa shape index (κ1) is 34.2. The van der Waals surface area contributed by atoms with E-state index in [0.717, 1.165) is 22.9 Å². The van der Waals surface area contributed by atoms with Crippen molar-refractivity contribution in [3.05, 3.63) is 93.0 Å². The number of alkyl halides is 3. The number of halogens is 3. The van der Waals surface area contributed by atoms with E-state index in [-0.39, 0.29) is 97.9 Å². The second kappa shape index (κ2) is 13.2. The van der Waals surface area contributed by atoms with Crippen LogP contribution in [0.2, 0.25) is 0 Å². The fourth-order valence-electron chi connectivity index (χ4n) is 4.02. The molecule has 4 aromatic heterocycles. The molecule has 0 saturated heterocycles. The molecule has 18 heteroatoms. The van der Waals surface area contributed by atoms with E-state index < -0.39 is 37.5 Å². The monoisotopic (exact) mass is 619 g/mol. The average molecular weight is 619 g/mol. The molecule has 5 rings (SSSR count). The molecule has 0 radical (unpaired) electrons. The Bertz CT molecular complexity index is 1950. The molecule has 206 valence electrons. The molecule has 0 atom stereocenters. The van der Waals surface area contributed by atoms with E-state index in [1.165, 1.54) is 18.3 Å². The molecule has 0 amide bonds. The second-order valence-corrected chi connectivity index (χ2v) is 9.54. The number of phosphoric acid groups is 1. The van der Waals surface area contributed by atoms with Crippen LogP contribution in [-0.4, -0.2) is 29.2 Å². The molecule has 0 aliphatic rings. The summed E-state index contributed by atoms with van der Waals surface area (Å²) in [5.41, 5.74) is -2.77. The summed E-state index contributed by atoms with van der Waals surface area (Å²) in [5.74, 6) is 0. The largest absolute Gasteiger partial charge is 1.00 e. The number of aliphatic hydroxyl groups excluding tert-OH is 1. The quantitative estimate of drug-likeness (QED) is 0.111. The molecule has 42 heavy (non-hydrogen) atoms. The molecular formula is C24H15F3N5Na2O7P. The van der Waals surface area contributed by atoms with Gasteiger partial charge in [0.1, 0.15) is 12.2 Å². The maximum Gasteiger partial charge on any atom is 1.00 e. The molecule has 0 aliphatic carbocycles. The van der Waals surface area contributed by atoms with E-state index >= 15 is 0 Å². The van der Waals surface area contributed by atoms with Crippen molar-refractivity contribution >= 4 is 29.8 Å². The second-order valence-electron chi connectivity index (χ2n) is 8.39. The van der Waals surface area contributed by atoms with E-state index in [1.54, 1.807) is 18.2 Å². The van der Waals surface area contributed by atoms with Crippen molar-refractivity contribution in [2.24, 2.45) is 0 Å². The molecule has 12 nitrogen and oxygen atoms in total. The minimum absolute atomic E-state index is 0. The Kier molecular flexibility index (Phi) is 10.7. The Morgan fingerprint density at radius 1 is 1.00 bits per heavy atom. The Morgan fingerprint density at radius 2 is 1.74 bits per heavy atom. The number of benzene rings is 1. The maximum atomic E-state index is 13.5. The molecule has 0 unspecified atom stereocenters. The number of aliphatic hydroxyl groups is 1. The van der Waals surface area contributed by atoms with Gasteiger partial charge in [0.25, 0.3) is 5.56 Å². The number of nitrogens with zero attached hydrogens (tertiary/aromatic N) is 5. The minimum atomic E-state index is -5.64. The third-order valence-corrected chi connectivity index (χ3v) is 6.30. The first-order chi connectivity index (χ1) is 18.9. The molecule has 0 bridgehead atoms. The van der Waals surface area contributed by atoms with Gasteiger partial charge in [-0.3, -0.25) is 19.3 Å². The fourth-order valence-corrected chi connectivity index (χ4v) is 4.27. The summed E-state index contributed by atoms with van der Waals surface area (Å²) in [6.45, 7) is -1.61. The van der Waals surface area contributed by atoms with Gasteiger partial charge in [-0.15, -0.1) is 0 Å². The van der Waals surface area contributed by atoms with Crippen molar-refractivity contribution in [3.8, 4) is 16.9 Å². The van der Waals surface area contributed by atoms with Crippen LogP contribution in [0.1, 0.15) is 11.3 Å². The molecule has 1 N–H and O–H groups in total. The molecule has 0 saturated carbocycles. The zero-order valence-electron chi connectivity index (χ0n) is 21.9. The van der Waals surface area contributed by atoms with Crippen molar-refractivity contribution in [2.75, 3.05) is 0 Å². The van der Waals surface area contributed by atoms with Crippen LogP contribution >= 0.6 is 7.82 Å². The summed E-state index contributed by atoms with van der Waals surface area (Å²) in [4.78, 5) is 61.6. The van der Waals surface area contributed by atoms with Crippen LogP contribution in [0, 0.1) is 0 Å². The third-order valence-electron chi connectivity index (χ3n) is 5.87. The molecule has 5 aromatic rings. The van der Waals surface area contributed by atoms with Gasteiger partial charge in [0.05, 0.1) is 53.5 Å². The number of pyridine rings is 3. The van der Waals surface area contributed by atoms with Gasteiger partial charge in [0, 0.05) is 18.0 Å². The zero-order chi connectivity index (χ0) is 28.8. The van der Waals surface area contributed by atoms with Crippen LogP contribution in [0.15, 0.2) is 70.5 Å². The van der Waals surface area contributed by atoms with E-state index in [2.05, 4.69) is 19.5 Å². The number of hydrogen-bond donors (Lipinski definition) is 1. The maximum absolute atomic E-state index is 13.5.